The Bertz CT molecular complexity index is 328. The van der Waals surface area contributed by atoms with Crippen molar-refractivity contribution in [2.75, 3.05) is 0 Å². The topological polar surface area (TPSA) is 12.4 Å². The first-order valence-electron chi connectivity index (χ1n) is 5.01. The number of aryl methyl sites for hydroxylation is 2. The molecule has 0 unspecified atom stereocenters. The summed E-state index contributed by atoms with van der Waals surface area (Å²) in [6, 6.07) is 6.23. The summed E-state index contributed by atoms with van der Waals surface area (Å²) in [5.74, 6) is 0. The zero-order chi connectivity index (χ0) is 10.4. The number of nitrogens with zero attached hydrogens (tertiary/aromatic N) is 1. The Morgan fingerprint density at radius 3 is 2.43 bits per heavy atom. The van der Waals surface area contributed by atoms with E-state index >= 15 is 0 Å². The number of rotatable bonds is 3. The Morgan fingerprint density at radius 1 is 1.21 bits per heavy atom. The SMILES string of the molecule is CC/C=C/C=Nc1c(C)cccc1C. The molecule has 0 bridgehead atoms. The minimum Gasteiger partial charge on any atom is -0.256 e. The number of benzene rings is 1. The third kappa shape index (κ3) is 2.84. The average molecular weight is 187 g/mol. The zero-order valence-electron chi connectivity index (χ0n) is 9.12. The molecule has 1 aromatic rings. The first-order valence-corrected chi connectivity index (χ1v) is 5.01. The van der Waals surface area contributed by atoms with Crippen LogP contribution in [0, 0.1) is 13.8 Å². The molecule has 1 nitrogen and oxygen atoms in total. The van der Waals surface area contributed by atoms with Gasteiger partial charge in [-0.2, -0.15) is 0 Å². The van der Waals surface area contributed by atoms with E-state index in [4.69, 9.17) is 0 Å². The minimum atomic E-state index is 1.05. The fourth-order valence-corrected chi connectivity index (χ4v) is 1.32. The molecule has 0 radical (unpaired) electrons. The number of aliphatic imine (C=N–C) groups is 1. The third-order valence-corrected chi connectivity index (χ3v) is 2.10. The second-order valence-corrected chi connectivity index (χ2v) is 3.35. The molecule has 0 atom stereocenters. The van der Waals surface area contributed by atoms with Crippen molar-refractivity contribution in [3.05, 3.63) is 41.5 Å². The van der Waals surface area contributed by atoms with Crippen LogP contribution >= 0.6 is 0 Å². The lowest BCUT2D eigenvalue weighted by atomic mass is 10.1. The van der Waals surface area contributed by atoms with E-state index in [0.717, 1.165) is 12.1 Å². The molecule has 1 rings (SSSR count). The summed E-state index contributed by atoms with van der Waals surface area (Å²) in [6.07, 6.45) is 7.00. The van der Waals surface area contributed by atoms with Crippen molar-refractivity contribution in [3.63, 3.8) is 0 Å². The van der Waals surface area contributed by atoms with Crippen molar-refractivity contribution < 1.29 is 0 Å². The summed E-state index contributed by atoms with van der Waals surface area (Å²) in [5, 5.41) is 0. The second-order valence-electron chi connectivity index (χ2n) is 3.35. The molecule has 1 aromatic carbocycles. The summed E-state index contributed by atoms with van der Waals surface area (Å²) < 4.78 is 0. The Hall–Kier alpha value is -1.37. The van der Waals surface area contributed by atoms with Crippen molar-refractivity contribution in [1.82, 2.24) is 0 Å². The van der Waals surface area contributed by atoms with Gasteiger partial charge in [0.1, 0.15) is 0 Å². The van der Waals surface area contributed by atoms with Gasteiger partial charge in [-0.05, 0) is 37.5 Å². The van der Waals surface area contributed by atoms with Gasteiger partial charge in [-0.1, -0.05) is 31.2 Å². The molecule has 1 heteroatoms. The third-order valence-electron chi connectivity index (χ3n) is 2.10. The van der Waals surface area contributed by atoms with Gasteiger partial charge in [-0.3, -0.25) is 4.99 Å². The van der Waals surface area contributed by atoms with E-state index in [-0.39, 0.29) is 0 Å². The van der Waals surface area contributed by atoms with E-state index in [0.29, 0.717) is 0 Å². The van der Waals surface area contributed by atoms with E-state index in [9.17, 15) is 0 Å². The van der Waals surface area contributed by atoms with Crippen molar-refractivity contribution in [2.45, 2.75) is 27.2 Å². The highest BCUT2D eigenvalue weighted by atomic mass is 14.7. The molecule has 0 aliphatic heterocycles. The molecule has 0 amide bonds. The van der Waals surface area contributed by atoms with Gasteiger partial charge in [0.15, 0.2) is 0 Å². The van der Waals surface area contributed by atoms with Gasteiger partial charge in [0, 0.05) is 6.21 Å². The molecule has 0 spiro atoms. The molecule has 0 N–H and O–H groups in total. The van der Waals surface area contributed by atoms with Gasteiger partial charge < -0.3 is 0 Å². The maximum atomic E-state index is 4.43. The zero-order valence-corrected chi connectivity index (χ0v) is 9.12. The van der Waals surface area contributed by atoms with Crippen LogP contribution in [0.3, 0.4) is 0 Å². The molecule has 0 saturated heterocycles. The van der Waals surface area contributed by atoms with Crippen LogP contribution in [0.1, 0.15) is 24.5 Å². The average Bonchev–Trinajstić information content (AvgIpc) is 2.16. The summed E-state index contributed by atoms with van der Waals surface area (Å²) in [5.41, 5.74) is 3.55. The molecule has 0 aromatic heterocycles. The normalized spacial score (nSPS) is 11.6. The first kappa shape index (κ1) is 10.7. The quantitative estimate of drug-likeness (QED) is 0.635. The lowest BCUT2D eigenvalue weighted by Gasteiger charge is -2.02. The highest BCUT2D eigenvalue weighted by molar-refractivity contribution is 5.75. The molecule has 0 saturated carbocycles. The van der Waals surface area contributed by atoms with Gasteiger partial charge in [0.05, 0.1) is 5.69 Å². The van der Waals surface area contributed by atoms with Crippen LogP contribution in [0.5, 0.6) is 0 Å². The van der Waals surface area contributed by atoms with Crippen LogP contribution in [0.2, 0.25) is 0 Å². The van der Waals surface area contributed by atoms with Gasteiger partial charge in [0.2, 0.25) is 0 Å². The van der Waals surface area contributed by atoms with E-state index in [2.05, 4.69) is 50.0 Å². The summed E-state index contributed by atoms with van der Waals surface area (Å²) >= 11 is 0. The Morgan fingerprint density at radius 2 is 1.86 bits per heavy atom. The Kier molecular flexibility index (Phi) is 4.11. The number of para-hydroxylation sites is 1. The van der Waals surface area contributed by atoms with Crippen molar-refractivity contribution in [1.29, 1.82) is 0 Å². The molecular weight excluding hydrogens is 170 g/mol. The molecule has 74 valence electrons. The lowest BCUT2D eigenvalue weighted by Crippen LogP contribution is -1.79. The van der Waals surface area contributed by atoms with Gasteiger partial charge >= 0.3 is 0 Å². The van der Waals surface area contributed by atoms with Crippen LogP contribution in [0.15, 0.2) is 35.3 Å². The lowest BCUT2D eigenvalue weighted by molar-refractivity contribution is 1.23. The summed E-state index contributed by atoms with van der Waals surface area (Å²) in [4.78, 5) is 4.43. The predicted molar refractivity (Wildman–Crippen MR) is 63.5 cm³/mol. The van der Waals surface area contributed by atoms with Crippen LogP contribution in [-0.4, -0.2) is 6.21 Å². The second kappa shape index (κ2) is 5.38. The highest BCUT2D eigenvalue weighted by Crippen LogP contribution is 2.22. The Labute approximate surface area is 86.2 Å². The summed E-state index contributed by atoms with van der Waals surface area (Å²) in [7, 11) is 0. The highest BCUT2D eigenvalue weighted by Gasteiger charge is 1.97. The largest absolute Gasteiger partial charge is 0.256 e. The molecule has 0 fully saturated rings. The monoisotopic (exact) mass is 187 g/mol. The predicted octanol–water partition coefficient (Wildman–Crippen LogP) is 3.97. The van der Waals surface area contributed by atoms with E-state index in [1.54, 1.807) is 0 Å². The van der Waals surface area contributed by atoms with E-state index < -0.39 is 0 Å². The van der Waals surface area contributed by atoms with Crippen molar-refractivity contribution in [3.8, 4) is 0 Å². The molecule has 0 heterocycles. The standard InChI is InChI=1S/C13H17N/c1-4-5-6-10-14-13-11(2)8-7-9-12(13)3/h5-10H,4H2,1-3H3/b6-5+,14-10?. The van der Waals surface area contributed by atoms with Crippen LogP contribution in [0.4, 0.5) is 5.69 Å². The number of hydrogen-bond donors (Lipinski definition) is 0. The Balaban J connectivity index is 2.85. The molecular formula is C13H17N. The molecule has 0 aliphatic carbocycles. The molecule has 14 heavy (non-hydrogen) atoms. The summed E-state index contributed by atoms with van der Waals surface area (Å²) in [6.45, 7) is 6.29. The maximum absolute atomic E-state index is 4.43. The maximum Gasteiger partial charge on any atom is 0.0687 e. The fraction of sp³-hybridized carbons (Fsp3) is 0.308. The van der Waals surface area contributed by atoms with Gasteiger partial charge in [-0.15, -0.1) is 0 Å². The van der Waals surface area contributed by atoms with E-state index in [1.165, 1.54) is 11.1 Å². The van der Waals surface area contributed by atoms with E-state index in [1.807, 2.05) is 12.3 Å². The van der Waals surface area contributed by atoms with Gasteiger partial charge in [0.25, 0.3) is 0 Å². The molecule has 0 aliphatic rings. The van der Waals surface area contributed by atoms with Crippen LogP contribution in [0.25, 0.3) is 0 Å². The fourth-order valence-electron chi connectivity index (χ4n) is 1.32. The van der Waals surface area contributed by atoms with Crippen molar-refractivity contribution >= 4 is 11.9 Å². The smallest absolute Gasteiger partial charge is 0.0687 e. The van der Waals surface area contributed by atoms with Crippen LogP contribution in [-0.2, 0) is 0 Å². The first-order chi connectivity index (χ1) is 6.75. The number of allylic oxidation sites excluding steroid dienone is 2. The number of hydrogen-bond acceptors (Lipinski definition) is 1. The van der Waals surface area contributed by atoms with Gasteiger partial charge in [-0.25, -0.2) is 0 Å². The van der Waals surface area contributed by atoms with Crippen molar-refractivity contribution in [2.24, 2.45) is 4.99 Å². The van der Waals surface area contributed by atoms with Crippen LogP contribution < -0.4 is 0 Å². The minimum absolute atomic E-state index is 1.05.